The lowest BCUT2D eigenvalue weighted by molar-refractivity contribution is 0.288. The van der Waals surface area contributed by atoms with Gasteiger partial charge in [0.1, 0.15) is 22.9 Å². The number of para-hydroxylation sites is 1. The average molecular weight is 299 g/mol. The molecule has 2 heterocycles. The maximum absolute atomic E-state index is 5.91. The molecule has 108 valence electrons. The minimum atomic E-state index is 0.0501. The second kappa shape index (κ2) is 6.20. The van der Waals surface area contributed by atoms with Crippen molar-refractivity contribution < 1.29 is 4.74 Å². The van der Waals surface area contributed by atoms with Crippen LogP contribution >= 0.6 is 11.3 Å². The van der Waals surface area contributed by atoms with E-state index < -0.39 is 0 Å². The van der Waals surface area contributed by atoms with Gasteiger partial charge < -0.3 is 10.5 Å². The normalized spacial score (nSPS) is 12.5. The van der Waals surface area contributed by atoms with Crippen molar-refractivity contribution in [1.82, 2.24) is 9.97 Å². The van der Waals surface area contributed by atoms with Gasteiger partial charge in [-0.15, -0.1) is 11.3 Å². The monoisotopic (exact) mass is 299 g/mol. The Morgan fingerprint density at radius 1 is 1.24 bits per heavy atom. The fourth-order valence-corrected chi connectivity index (χ4v) is 2.91. The molecular formula is C16H17N3OS. The summed E-state index contributed by atoms with van der Waals surface area (Å²) in [6.45, 7) is 2.56. The molecule has 1 unspecified atom stereocenters. The van der Waals surface area contributed by atoms with Crippen LogP contribution in [0, 0.1) is 0 Å². The third-order valence-electron chi connectivity index (χ3n) is 3.24. The SMILES string of the molecule is CCC(N)COc1cccc2sc(-c3ccccn3)nc12. The topological polar surface area (TPSA) is 61.0 Å². The van der Waals surface area contributed by atoms with Gasteiger partial charge in [0.25, 0.3) is 0 Å². The Kier molecular flexibility index (Phi) is 4.13. The molecule has 5 heteroatoms. The number of ether oxygens (including phenoxy) is 1. The van der Waals surface area contributed by atoms with Gasteiger partial charge in [0.2, 0.25) is 0 Å². The number of rotatable bonds is 5. The van der Waals surface area contributed by atoms with Crippen LogP contribution in [-0.2, 0) is 0 Å². The highest BCUT2D eigenvalue weighted by Crippen LogP contribution is 2.33. The number of aromatic nitrogens is 2. The van der Waals surface area contributed by atoms with E-state index in [4.69, 9.17) is 10.5 Å². The Balaban J connectivity index is 1.94. The third-order valence-corrected chi connectivity index (χ3v) is 4.29. The van der Waals surface area contributed by atoms with Gasteiger partial charge in [-0.1, -0.05) is 19.1 Å². The van der Waals surface area contributed by atoms with Crippen LogP contribution in [0.1, 0.15) is 13.3 Å². The molecule has 0 saturated carbocycles. The highest BCUT2D eigenvalue weighted by Gasteiger charge is 2.11. The Bertz CT molecular complexity index is 727. The minimum absolute atomic E-state index is 0.0501. The average Bonchev–Trinajstić information content (AvgIpc) is 2.98. The van der Waals surface area contributed by atoms with E-state index in [-0.39, 0.29) is 6.04 Å². The van der Waals surface area contributed by atoms with Crippen LogP contribution < -0.4 is 10.5 Å². The maximum Gasteiger partial charge on any atom is 0.146 e. The highest BCUT2D eigenvalue weighted by molar-refractivity contribution is 7.21. The molecule has 0 aliphatic heterocycles. The highest BCUT2D eigenvalue weighted by atomic mass is 32.1. The van der Waals surface area contributed by atoms with Crippen LogP contribution in [0.4, 0.5) is 0 Å². The zero-order chi connectivity index (χ0) is 14.7. The second-order valence-electron chi connectivity index (χ2n) is 4.82. The summed E-state index contributed by atoms with van der Waals surface area (Å²) >= 11 is 1.62. The Morgan fingerprint density at radius 3 is 2.90 bits per heavy atom. The van der Waals surface area contributed by atoms with Crippen LogP contribution in [0.25, 0.3) is 20.9 Å². The molecule has 3 aromatic rings. The van der Waals surface area contributed by atoms with E-state index >= 15 is 0 Å². The zero-order valence-electron chi connectivity index (χ0n) is 11.8. The molecule has 4 nitrogen and oxygen atoms in total. The van der Waals surface area contributed by atoms with Gasteiger partial charge >= 0.3 is 0 Å². The van der Waals surface area contributed by atoms with Crippen LogP contribution in [-0.4, -0.2) is 22.6 Å². The fraction of sp³-hybridized carbons (Fsp3) is 0.250. The maximum atomic E-state index is 5.91. The van der Waals surface area contributed by atoms with Gasteiger partial charge in [0.05, 0.1) is 10.4 Å². The number of thiazole rings is 1. The van der Waals surface area contributed by atoms with Crippen molar-refractivity contribution in [3.05, 3.63) is 42.6 Å². The molecule has 21 heavy (non-hydrogen) atoms. The predicted molar refractivity (Wildman–Crippen MR) is 86.6 cm³/mol. The van der Waals surface area contributed by atoms with Gasteiger partial charge in [0, 0.05) is 12.2 Å². The first-order valence-corrected chi connectivity index (χ1v) is 7.79. The molecule has 0 fully saturated rings. The van der Waals surface area contributed by atoms with E-state index in [1.807, 2.05) is 36.4 Å². The van der Waals surface area contributed by atoms with E-state index in [1.165, 1.54) is 0 Å². The Morgan fingerprint density at radius 2 is 2.14 bits per heavy atom. The summed E-state index contributed by atoms with van der Waals surface area (Å²) < 4.78 is 6.92. The first-order valence-electron chi connectivity index (χ1n) is 6.97. The van der Waals surface area contributed by atoms with Crippen LogP contribution in [0.2, 0.25) is 0 Å². The lowest BCUT2D eigenvalue weighted by atomic mass is 10.2. The summed E-state index contributed by atoms with van der Waals surface area (Å²) in [6, 6.07) is 11.8. The summed E-state index contributed by atoms with van der Waals surface area (Å²) in [5.74, 6) is 0.787. The van der Waals surface area contributed by atoms with Crippen molar-refractivity contribution >= 4 is 21.6 Å². The molecule has 2 aromatic heterocycles. The van der Waals surface area contributed by atoms with E-state index in [2.05, 4.69) is 16.9 Å². The summed E-state index contributed by atoms with van der Waals surface area (Å²) in [6.07, 6.45) is 2.67. The minimum Gasteiger partial charge on any atom is -0.490 e. The van der Waals surface area contributed by atoms with Gasteiger partial charge in [-0.25, -0.2) is 4.98 Å². The molecule has 1 atom stereocenters. The van der Waals surface area contributed by atoms with Gasteiger partial charge in [0.15, 0.2) is 0 Å². The van der Waals surface area contributed by atoms with Gasteiger partial charge in [-0.3, -0.25) is 4.98 Å². The first-order chi connectivity index (χ1) is 10.3. The van der Waals surface area contributed by atoms with E-state index in [0.717, 1.165) is 33.1 Å². The molecule has 0 radical (unpaired) electrons. The summed E-state index contributed by atoms with van der Waals surface area (Å²) in [7, 11) is 0. The number of fused-ring (bicyclic) bond motifs is 1. The second-order valence-corrected chi connectivity index (χ2v) is 5.85. The molecule has 1 aromatic carbocycles. The zero-order valence-corrected chi connectivity index (χ0v) is 12.6. The summed E-state index contributed by atoms with van der Waals surface area (Å²) in [4.78, 5) is 9.03. The molecule has 2 N–H and O–H groups in total. The van der Waals surface area contributed by atoms with Crippen molar-refractivity contribution in [3.63, 3.8) is 0 Å². The molecule has 0 amide bonds. The quantitative estimate of drug-likeness (QED) is 0.783. The van der Waals surface area contributed by atoms with Crippen LogP contribution in [0.15, 0.2) is 42.6 Å². The van der Waals surface area contributed by atoms with Crippen molar-refractivity contribution in [2.24, 2.45) is 5.73 Å². The van der Waals surface area contributed by atoms with Crippen molar-refractivity contribution in [2.45, 2.75) is 19.4 Å². The van der Waals surface area contributed by atoms with E-state index in [9.17, 15) is 0 Å². The van der Waals surface area contributed by atoms with E-state index in [1.54, 1.807) is 17.5 Å². The molecule has 0 spiro atoms. The molecule has 0 saturated heterocycles. The molecule has 0 aliphatic rings. The predicted octanol–water partition coefficient (Wildman–Crippen LogP) is 3.47. The number of benzene rings is 1. The van der Waals surface area contributed by atoms with Crippen molar-refractivity contribution in [2.75, 3.05) is 6.61 Å². The van der Waals surface area contributed by atoms with Gasteiger partial charge in [-0.2, -0.15) is 0 Å². The van der Waals surface area contributed by atoms with Crippen molar-refractivity contribution in [1.29, 1.82) is 0 Å². The smallest absolute Gasteiger partial charge is 0.146 e. The van der Waals surface area contributed by atoms with Gasteiger partial charge in [-0.05, 0) is 30.7 Å². The van der Waals surface area contributed by atoms with Crippen LogP contribution in [0.3, 0.4) is 0 Å². The molecular weight excluding hydrogens is 282 g/mol. The summed E-state index contributed by atoms with van der Waals surface area (Å²) in [5.41, 5.74) is 7.67. The number of nitrogens with two attached hydrogens (primary N) is 1. The number of hydrogen-bond donors (Lipinski definition) is 1. The Labute approximate surface area is 127 Å². The Hall–Kier alpha value is -1.98. The number of hydrogen-bond acceptors (Lipinski definition) is 5. The standard InChI is InChI=1S/C16H17N3OS/c1-2-11(17)10-20-13-7-5-8-14-15(13)19-16(21-14)12-6-3-4-9-18-12/h3-9,11H,2,10,17H2,1H3. The number of pyridine rings is 1. The van der Waals surface area contributed by atoms with Crippen LogP contribution in [0.5, 0.6) is 5.75 Å². The van der Waals surface area contributed by atoms with E-state index in [0.29, 0.717) is 6.61 Å². The lowest BCUT2D eigenvalue weighted by Gasteiger charge is -2.11. The molecule has 3 rings (SSSR count). The number of nitrogens with zero attached hydrogens (tertiary/aromatic N) is 2. The lowest BCUT2D eigenvalue weighted by Crippen LogP contribution is -2.26. The molecule has 0 aliphatic carbocycles. The first kappa shape index (κ1) is 14.0. The summed E-state index contributed by atoms with van der Waals surface area (Å²) in [5, 5.41) is 0.904. The fourth-order valence-electron chi connectivity index (χ4n) is 1.95. The third kappa shape index (κ3) is 3.04. The molecule has 0 bridgehead atoms. The van der Waals surface area contributed by atoms with Crippen molar-refractivity contribution in [3.8, 4) is 16.5 Å². The largest absolute Gasteiger partial charge is 0.490 e.